The first kappa shape index (κ1) is 18.2. The van der Waals surface area contributed by atoms with Gasteiger partial charge in [0.1, 0.15) is 0 Å². The number of anilines is 1. The first-order valence-electron chi connectivity index (χ1n) is 7.56. The van der Waals surface area contributed by atoms with Gasteiger partial charge in [0.25, 0.3) is 5.91 Å². The standard InChI is InChI=1S/C19H19NO5/c1-11-5-6-13(9-12(11)2)17(21)20-16-10-14(18(22)24-3)7-8-15(16)19(23)25-4/h5-10H,1-4H3,(H,20,21). The summed E-state index contributed by atoms with van der Waals surface area (Å²) in [6, 6.07) is 9.53. The van der Waals surface area contributed by atoms with Crippen molar-refractivity contribution >= 4 is 23.5 Å². The Morgan fingerprint density at radius 3 is 2.04 bits per heavy atom. The predicted molar refractivity (Wildman–Crippen MR) is 93.0 cm³/mol. The molecule has 0 heterocycles. The van der Waals surface area contributed by atoms with Crippen molar-refractivity contribution in [2.45, 2.75) is 13.8 Å². The zero-order valence-electron chi connectivity index (χ0n) is 14.5. The average Bonchev–Trinajstić information content (AvgIpc) is 2.62. The molecule has 0 radical (unpaired) electrons. The summed E-state index contributed by atoms with van der Waals surface area (Å²) in [6.07, 6.45) is 0. The largest absolute Gasteiger partial charge is 0.465 e. The lowest BCUT2D eigenvalue weighted by atomic mass is 10.0. The maximum absolute atomic E-state index is 12.5. The molecule has 2 rings (SSSR count). The number of methoxy groups -OCH3 is 2. The maximum atomic E-state index is 12.5. The van der Waals surface area contributed by atoms with Crippen LogP contribution in [0.15, 0.2) is 36.4 Å². The molecule has 1 N–H and O–H groups in total. The second kappa shape index (κ2) is 7.61. The number of benzene rings is 2. The zero-order chi connectivity index (χ0) is 18.6. The molecule has 0 aliphatic heterocycles. The van der Waals surface area contributed by atoms with Gasteiger partial charge in [-0.05, 0) is 55.3 Å². The van der Waals surface area contributed by atoms with Crippen LogP contribution in [0.5, 0.6) is 0 Å². The number of carbonyl (C=O) groups excluding carboxylic acids is 3. The van der Waals surface area contributed by atoms with E-state index in [1.807, 2.05) is 19.9 Å². The molecule has 0 fully saturated rings. The molecule has 0 aliphatic rings. The number of aryl methyl sites for hydroxylation is 2. The van der Waals surface area contributed by atoms with E-state index in [4.69, 9.17) is 4.74 Å². The first-order chi connectivity index (χ1) is 11.9. The Morgan fingerprint density at radius 2 is 1.44 bits per heavy atom. The van der Waals surface area contributed by atoms with Gasteiger partial charge in [-0.3, -0.25) is 4.79 Å². The van der Waals surface area contributed by atoms with Crippen LogP contribution in [0, 0.1) is 13.8 Å². The number of rotatable bonds is 4. The van der Waals surface area contributed by atoms with Crippen LogP contribution >= 0.6 is 0 Å². The van der Waals surface area contributed by atoms with Crippen molar-refractivity contribution < 1.29 is 23.9 Å². The molecule has 0 bridgehead atoms. The smallest absolute Gasteiger partial charge is 0.339 e. The van der Waals surface area contributed by atoms with Gasteiger partial charge < -0.3 is 14.8 Å². The Hall–Kier alpha value is -3.15. The molecule has 0 saturated carbocycles. The van der Waals surface area contributed by atoms with Gasteiger partial charge in [0.05, 0.1) is 31.0 Å². The minimum absolute atomic E-state index is 0.146. The van der Waals surface area contributed by atoms with E-state index in [-0.39, 0.29) is 16.8 Å². The molecule has 0 spiro atoms. The van der Waals surface area contributed by atoms with Crippen molar-refractivity contribution in [1.29, 1.82) is 0 Å². The maximum Gasteiger partial charge on any atom is 0.339 e. The first-order valence-corrected chi connectivity index (χ1v) is 7.56. The lowest BCUT2D eigenvalue weighted by molar-refractivity contribution is 0.0587. The van der Waals surface area contributed by atoms with Gasteiger partial charge in [-0.25, -0.2) is 9.59 Å². The second-order valence-electron chi connectivity index (χ2n) is 5.50. The molecule has 25 heavy (non-hydrogen) atoms. The normalized spacial score (nSPS) is 10.1. The Balaban J connectivity index is 2.40. The van der Waals surface area contributed by atoms with E-state index < -0.39 is 17.8 Å². The highest BCUT2D eigenvalue weighted by Crippen LogP contribution is 2.21. The summed E-state index contributed by atoms with van der Waals surface area (Å²) in [6.45, 7) is 3.86. The Kier molecular flexibility index (Phi) is 5.54. The number of hydrogen-bond acceptors (Lipinski definition) is 5. The Bertz CT molecular complexity index is 842. The highest BCUT2D eigenvalue weighted by atomic mass is 16.5. The lowest BCUT2D eigenvalue weighted by Crippen LogP contribution is -2.16. The summed E-state index contributed by atoms with van der Waals surface area (Å²) in [5.74, 6) is -1.58. The van der Waals surface area contributed by atoms with Gasteiger partial charge in [0, 0.05) is 5.56 Å². The zero-order valence-corrected chi connectivity index (χ0v) is 14.5. The highest BCUT2D eigenvalue weighted by Gasteiger charge is 2.18. The SMILES string of the molecule is COC(=O)c1ccc(C(=O)OC)c(NC(=O)c2ccc(C)c(C)c2)c1. The monoisotopic (exact) mass is 341 g/mol. The van der Waals surface area contributed by atoms with Crippen LogP contribution in [0.4, 0.5) is 5.69 Å². The average molecular weight is 341 g/mol. The molecule has 0 atom stereocenters. The number of amides is 1. The van der Waals surface area contributed by atoms with Crippen LogP contribution in [0.2, 0.25) is 0 Å². The molecule has 0 saturated heterocycles. The molecule has 1 amide bonds. The fraction of sp³-hybridized carbons (Fsp3) is 0.211. The second-order valence-corrected chi connectivity index (χ2v) is 5.50. The number of carbonyl (C=O) groups is 3. The molecule has 2 aromatic carbocycles. The summed E-state index contributed by atoms with van der Waals surface area (Å²) >= 11 is 0. The molecule has 0 aliphatic carbocycles. The van der Waals surface area contributed by atoms with Crippen LogP contribution < -0.4 is 5.32 Å². The summed E-state index contributed by atoms with van der Waals surface area (Å²) in [5, 5.41) is 2.66. The lowest BCUT2D eigenvalue weighted by Gasteiger charge is -2.12. The molecule has 0 unspecified atom stereocenters. The quantitative estimate of drug-likeness (QED) is 0.864. The van der Waals surface area contributed by atoms with E-state index >= 15 is 0 Å². The van der Waals surface area contributed by atoms with Gasteiger partial charge in [-0.1, -0.05) is 6.07 Å². The van der Waals surface area contributed by atoms with Gasteiger partial charge in [-0.15, -0.1) is 0 Å². The molecule has 130 valence electrons. The predicted octanol–water partition coefficient (Wildman–Crippen LogP) is 3.13. The van der Waals surface area contributed by atoms with Gasteiger partial charge in [0.2, 0.25) is 0 Å². The summed E-state index contributed by atoms with van der Waals surface area (Å²) in [5.41, 5.74) is 3.03. The van der Waals surface area contributed by atoms with Crippen molar-refractivity contribution in [2.75, 3.05) is 19.5 Å². The van der Waals surface area contributed by atoms with Crippen LogP contribution in [0.1, 0.15) is 42.2 Å². The third-order valence-corrected chi connectivity index (χ3v) is 3.86. The summed E-state index contributed by atoms with van der Waals surface area (Å²) in [7, 11) is 2.50. The fourth-order valence-corrected chi connectivity index (χ4v) is 2.26. The number of nitrogens with one attached hydrogen (secondary N) is 1. The fourth-order valence-electron chi connectivity index (χ4n) is 2.26. The molecule has 6 heteroatoms. The van der Waals surface area contributed by atoms with Crippen LogP contribution in [0.25, 0.3) is 0 Å². The van der Waals surface area contributed by atoms with Crippen LogP contribution in [0.3, 0.4) is 0 Å². The van der Waals surface area contributed by atoms with Gasteiger partial charge in [0.15, 0.2) is 0 Å². The van der Waals surface area contributed by atoms with E-state index in [0.717, 1.165) is 11.1 Å². The minimum Gasteiger partial charge on any atom is -0.465 e. The van der Waals surface area contributed by atoms with Gasteiger partial charge >= 0.3 is 11.9 Å². The van der Waals surface area contributed by atoms with E-state index in [1.54, 1.807) is 12.1 Å². The van der Waals surface area contributed by atoms with E-state index in [9.17, 15) is 14.4 Å². The molecular weight excluding hydrogens is 322 g/mol. The summed E-state index contributed by atoms with van der Waals surface area (Å²) < 4.78 is 9.39. The van der Waals surface area contributed by atoms with Crippen molar-refractivity contribution in [3.8, 4) is 0 Å². The van der Waals surface area contributed by atoms with E-state index in [0.29, 0.717) is 5.56 Å². The third kappa shape index (κ3) is 4.03. The van der Waals surface area contributed by atoms with Crippen LogP contribution in [-0.4, -0.2) is 32.1 Å². The van der Waals surface area contributed by atoms with E-state index in [1.165, 1.54) is 32.4 Å². The minimum atomic E-state index is -0.619. The van der Waals surface area contributed by atoms with Crippen molar-refractivity contribution in [3.63, 3.8) is 0 Å². The Labute approximate surface area is 145 Å². The van der Waals surface area contributed by atoms with Crippen molar-refractivity contribution in [1.82, 2.24) is 0 Å². The molecular formula is C19H19NO5. The number of esters is 2. The third-order valence-electron chi connectivity index (χ3n) is 3.86. The van der Waals surface area contributed by atoms with Crippen molar-refractivity contribution in [2.24, 2.45) is 0 Å². The molecule has 0 aromatic heterocycles. The molecule has 2 aromatic rings. The van der Waals surface area contributed by atoms with Gasteiger partial charge in [-0.2, -0.15) is 0 Å². The Morgan fingerprint density at radius 1 is 0.800 bits per heavy atom. The summed E-state index contributed by atoms with van der Waals surface area (Å²) in [4.78, 5) is 36.1. The van der Waals surface area contributed by atoms with Crippen molar-refractivity contribution in [3.05, 3.63) is 64.2 Å². The van der Waals surface area contributed by atoms with Crippen LogP contribution in [-0.2, 0) is 9.47 Å². The molecule has 6 nitrogen and oxygen atoms in total. The van der Waals surface area contributed by atoms with E-state index in [2.05, 4.69) is 10.1 Å². The topological polar surface area (TPSA) is 81.7 Å². The number of ether oxygens (including phenoxy) is 2. The number of hydrogen-bond donors (Lipinski definition) is 1. The highest BCUT2D eigenvalue weighted by molar-refractivity contribution is 6.09.